The monoisotopic (exact) mass is 359 g/mol. The molecule has 136 valence electrons. The Balaban J connectivity index is 1.68. The number of aromatic amines is 2. The molecule has 0 aliphatic heterocycles. The van der Waals surface area contributed by atoms with Crippen LogP contribution in [0.2, 0.25) is 0 Å². The summed E-state index contributed by atoms with van der Waals surface area (Å²) < 4.78 is 0. The largest absolute Gasteiger partial charge is 0.508 e. The number of phenols is 1. The average Bonchev–Trinajstić information content (AvgIpc) is 3.27. The Hall–Kier alpha value is -3.34. The van der Waals surface area contributed by atoms with E-state index in [1.807, 2.05) is 63.4 Å². The van der Waals surface area contributed by atoms with Crippen molar-refractivity contribution in [2.45, 2.75) is 20.8 Å². The van der Waals surface area contributed by atoms with E-state index >= 15 is 0 Å². The van der Waals surface area contributed by atoms with E-state index in [0.29, 0.717) is 5.56 Å². The number of hydrogen-bond donors (Lipinski definition) is 3. The van der Waals surface area contributed by atoms with Gasteiger partial charge in [-0.1, -0.05) is 32.9 Å². The van der Waals surface area contributed by atoms with Crippen LogP contribution in [0.15, 0.2) is 54.7 Å². The summed E-state index contributed by atoms with van der Waals surface area (Å²) >= 11 is 0. The molecule has 5 heteroatoms. The lowest BCUT2D eigenvalue weighted by atomic mass is 9.86. The number of carbonyl (C=O) groups is 1. The summed E-state index contributed by atoms with van der Waals surface area (Å²) in [5, 5.41) is 9.43. The molecule has 3 N–H and O–H groups in total. The first-order valence-corrected chi connectivity index (χ1v) is 8.84. The summed E-state index contributed by atoms with van der Waals surface area (Å²) in [7, 11) is 0. The van der Waals surface area contributed by atoms with Crippen LogP contribution < -0.4 is 0 Å². The lowest BCUT2D eigenvalue weighted by Gasteiger charge is -2.16. The Kier molecular flexibility index (Phi) is 3.88. The molecule has 2 aromatic heterocycles. The van der Waals surface area contributed by atoms with Crippen molar-refractivity contribution in [2.24, 2.45) is 5.41 Å². The molecule has 0 aliphatic rings. The molecule has 0 saturated heterocycles. The molecule has 0 unspecified atom stereocenters. The number of Topliss-reactive ketones (excluding diaryl/α,β-unsaturated/α-hetero) is 1. The van der Waals surface area contributed by atoms with Crippen LogP contribution >= 0.6 is 0 Å². The molecule has 27 heavy (non-hydrogen) atoms. The van der Waals surface area contributed by atoms with Crippen molar-refractivity contribution >= 4 is 16.8 Å². The molecule has 0 bridgehead atoms. The highest BCUT2D eigenvalue weighted by molar-refractivity contribution is 6.02. The number of ketones is 1. The zero-order valence-corrected chi connectivity index (χ0v) is 15.5. The maximum absolute atomic E-state index is 12.5. The molecular formula is C22H21N3O2. The number of phenolic OH excluding ortho intramolecular Hbond substituents is 1. The molecule has 0 atom stereocenters. The van der Waals surface area contributed by atoms with Gasteiger partial charge in [0.05, 0.1) is 16.7 Å². The van der Waals surface area contributed by atoms with E-state index in [0.717, 1.165) is 33.7 Å². The first kappa shape index (κ1) is 17.1. The fraction of sp³-hybridized carbons (Fsp3) is 0.182. The van der Waals surface area contributed by atoms with E-state index in [9.17, 15) is 9.90 Å². The number of nitrogens with zero attached hydrogens (tertiary/aromatic N) is 1. The van der Waals surface area contributed by atoms with Gasteiger partial charge in [-0.2, -0.15) is 0 Å². The fourth-order valence-electron chi connectivity index (χ4n) is 3.06. The molecule has 0 fully saturated rings. The lowest BCUT2D eigenvalue weighted by Crippen LogP contribution is -2.19. The third-order valence-corrected chi connectivity index (χ3v) is 4.57. The number of aromatic nitrogens is 3. The Bertz CT molecular complexity index is 1130. The van der Waals surface area contributed by atoms with Crippen LogP contribution in [0, 0.1) is 5.41 Å². The van der Waals surface area contributed by atoms with E-state index in [-0.39, 0.29) is 11.5 Å². The molecule has 2 heterocycles. The number of carbonyl (C=O) groups excluding carboxylic acids is 1. The minimum Gasteiger partial charge on any atom is -0.508 e. The van der Waals surface area contributed by atoms with Gasteiger partial charge in [-0.05, 0) is 47.5 Å². The number of imidazole rings is 1. The number of fused-ring (bicyclic) bond motifs is 1. The molecular weight excluding hydrogens is 338 g/mol. The number of hydrogen-bond acceptors (Lipinski definition) is 3. The molecule has 4 aromatic rings. The van der Waals surface area contributed by atoms with Gasteiger partial charge in [-0.3, -0.25) is 4.79 Å². The van der Waals surface area contributed by atoms with Crippen molar-refractivity contribution in [1.29, 1.82) is 0 Å². The van der Waals surface area contributed by atoms with Crippen molar-refractivity contribution < 1.29 is 9.90 Å². The molecule has 0 saturated carbocycles. The van der Waals surface area contributed by atoms with Gasteiger partial charge in [0, 0.05) is 17.2 Å². The Morgan fingerprint density at radius 1 is 1.00 bits per heavy atom. The van der Waals surface area contributed by atoms with Gasteiger partial charge in [0.15, 0.2) is 11.6 Å². The number of benzene rings is 2. The van der Waals surface area contributed by atoms with E-state index in [4.69, 9.17) is 0 Å². The smallest absolute Gasteiger partial charge is 0.168 e. The maximum atomic E-state index is 12.5. The molecule has 0 radical (unpaired) electrons. The number of H-pyrrole nitrogens is 2. The van der Waals surface area contributed by atoms with Crippen molar-refractivity contribution in [2.75, 3.05) is 0 Å². The molecule has 5 nitrogen and oxygen atoms in total. The summed E-state index contributed by atoms with van der Waals surface area (Å²) in [4.78, 5) is 23.7. The second-order valence-electron chi connectivity index (χ2n) is 7.75. The number of rotatable bonds is 3. The fourth-order valence-corrected chi connectivity index (χ4v) is 3.06. The second kappa shape index (κ2) is 6.13. The molecule has 4 rings (SSSR count). The Morgan fingerprint density at radius 2 is 1.74 bits per heavy atom. The van der Waals surface area contributed by atoms with Gasteiger partial charge in [0.2, 0.25) is 0 Å². The zero-order chi connectivity index (χ0) is 19.2. The minimum atomic E-state index is -0.425. The second-order valence-corrected chi connectivity index (χ2v) is 7.75. The lowest BCUT2D eigenvalue weighted by molar-refractivity contribution is 0.0858. The highest BCUT2D eigenvalue weighted by Crippen LogP contribution is 2.28. The van der Waals surface area contributed by atoms with E-state index < -0.39 is 5.41 Å². The average molecular weight is 359 g/mol. The highest BCUT2D eigenvalue weighted by Gasteiger charge is 2.23. The summed E-state index contributed by atoms with van der Waals surface area (Å²) in [6.07, 6.45) is 1.91. The normalized spacial score (nSPS) is 11.8. The predicted molar refractivity (Wildman–Crippen MR) is 107 cm³/mol. The summed E-state index contributed by atoms with van der Waals surface area (Å²) in [5.74, 6) is 1.06. The van der Waals surface area contributed by atoms with Gasteiger partial charge in [-0.25, -0.2) is 4.98 Å². The maximum Gasteiger partial charge on any atom is 0.168 e. The van der Waals surface area contributed by atoms with Crippen molar-refractivity contribution in [3.05, 3.63) is 60.3 Å². The van der Waals surface area contributed by atoms with Crippen LogP contribution in [-0.2, 0) is 0 Å². The van der Waals surface area contributed by atoms with Crippen LogP contribution in [0.4, 0.5) is 0 Å². The van der Waals surface area contributed by atoms with E-state index in [1.165, 1.54) is 0 Å². The van der Waals surface area contributed by atoms with E-state index in [2.05, 4.69) is 15.0 Å². The van der Waals surface area contributed by atoms with Gasteiger partial charge in [-0.15, -0.1) is 0 Å². The van der Waals surface area contributed by atoms with Crippen molar-refractivity contribution in [3.8, 4) is 28.4 Å². The van der Waals surface area contributed by atoms with Crippen LogP contribution in [0.25, 0.3) is 33.7 Å². The zero-order valence-electron chi connectivity index (χ0n) is 15.5. The third-order valence-electron chi connectivity index (χ3n) is 4.57. The van der Waals surface area contributed by atoms with Crippen LogP contribution in [0.1, 0.15) is 31.1 Å². The van der Waals surface area contributed by atoms with Gasteiger partial charge >= 0.3 is 0 Å². The van der Waals surface area contributed by atoms with Crippen LogP contribution in [0.5, 0.6) is 5.75 Å². The summed E-state index contributed by atoms with van der Waals surface area (Å²) in [6.45, 7) is 5.75. The first-order valence-electron chi connectivity index (χ1n) is 8.84. The number of nitrogens with one attached hydrogen (secondary N) is 2. The number of aromatic hydroxyl groups is 1. The summed E-state index contributed by atoms with van der Waals surface area (Å²) in [5.41, 5.74) is 4.77. The van der Waals surface area contributed by atoms with Gasteiger partial charge in [0.1, 0.15) is 5.75 Å². The molecule has 0 amide bonds. The Morgan fingerprint density at radius 3 is 2.44 bits per heavy atom. The van der Waals surface area contributed by atoms with Crippen LogP contribution in [0.3, 0.4) is 0 Å². The van der Waals surface area contributed by atoms with Gasteiger partial charge in [0.25, 0.3) is 0 Å². The Labute approximate surface area is 157 Å². The topological polar surface area (TPSA) is 81.8 Å². The molecule has 0 aliphatic carbocycles. The highest BCUT2D eigenvalue weighted by atomic mass is 16.3. The van der Waals surface area contributed by atoms with Crippen molar-refractivity contribution in [3.63, 3.8) is 0 Å². The van der Waals surface area contributed by atoms with E-state index in [1.54, 1.807) is 12.1 Å². The van der Waals surface area contributed by atoms with Crippen molar-refractivity contribution in [1.82, 2.24) is 15.0 Å². The first-order chi connectivity index (χ1) is 12.8. The molecule has 2 aromatic carbocycles. The standard InChI is InChI=1S/C22H21N3O2/c1-22(2,3)20(27)14-6-9-17-18(10-14)25-21(24-17)19-11-15(12-23-19)13-4-7-16(26)8-5-13/h4-12,23,26H,1-3H3,(H,24,25). The molecule has 0 spiro atoms. The predicted octanol–water partition coefficient (Wildman–Crippen LogP) is 5.16. The summed E-state index contributed by atoms with van der Waals surface area (Å²) in [6, 6.07) is 14.6. The quantitative estimate of drug-likeness (QED) is 0.442. The minimum absolute atomic E-state index is 0.100. The SMILES string of the molecule is CC(C)(C)C(=O)c1ccc2[nH]c(-c3cc(-c4ccc(O)cc4)c[nH]3)nc2c1. The van der Waals surface area contributed by atoms with Crippen LogP contribution in [-0.4, -0.2) is 25.8 Å². The van der Waals surface area contributed by atoms with Gasteiger partial charge < -0.3 is 15.1 Å². The third kappa shape index (κ3) is 3.24.